The number of rotatable bonds is 3. The largest absolute Gasteiger partial charge is 0.465 e. The zero-order valence-corrected chi connectivity index (χ0v) is 13.0. The maximum Gasteiger partial charge on any atom is 0.326 e. The van der Waals surface area contributed by atoms with Gasteiger partial charge in [-0.25, -0.2) is 4.98 Å². The highest BCUT2D eigenvalue weighted by atomic mass is 16.5. The fraction of sp³-hybridized carbons (Fsp3) is 0.750. The molecule has 0 aromatic carbocycles. The Labute approximate surface area is 125 Å². The van der Waals surface area contributed by atoms with Crippen LogP contribution in [0.2, 0.25) is 0 Å². The van der Waals surface area contributed by atoms with Crippen molar-refractivity contribution < 1.29 is 9.53 Å². The number of fused-ring (bicyclic) bond motifs is 1. The molecule has 0 aliphatic heterocycles. The second-order valence-electron chi connectivity index (χ2n) is 6.40. The summed E-state index contributed by atoms with van der Waals surface area (Å²) >= 11 is 0. The molecule has 0 bridgehead atoms. The van der Waals surface area contributed by atoms with Crippen LogP contribution in [0.25, 0.3) is 0 Å². The van der Waals surface area contributed by atoms with E-state index in [0.29, 0.717) is 19.4 Å². The van der Waals surface area contributed by atoms with Crippen LogP contribution in [0.15, 0.2) is 0 Å². The molecule has 5 nitrogen and oxygen atoms in total. The van der Waals surface area contributed by atoms with Gasteiger partial charge in [-0.2, -0.15) is 0 Å². The fourth-order valence-electron chi connectivity index (χ4n) is 3.91. The van der Waals surface area contributed by atoms with E-state index in [1.54, 1.807) is 0 Å². The Balaban J connectivity index is 1.84. The minimum atomic E-state index is -0.820. The summed E-state index contributed by atoms with van der Waals surface area (Å²) in [5.41, 5.74) is 8.11. The van der Waals surface area contributed by atoms with Gasteiger partial charge < -0.3 is 15.0 Å². The lowest BCUT2D eigenvalue weighted by molar-refractivity contribution is -0.149. The average molecular weight is 291 g/mol. The van der Waals surface area contributed by atoms with Crippen LogP contribution < -0.4 is 5.73 Å². The zero-order chi connectivity index (χ0) is 15.0. The van der Waals surface area contributed by atoms with Crippen molar-refractivity contribution in [3.63, 3.8) is 0 Å². The molecule has 2 aliphatic carbocycles. The minimum Gasteiger partial charge on any atom is -0.465 e. The molecule has 1 aromatic heterocycles. The third-order valence-corrected chi connectivity index (χ3v) is 4.92. The Bertz CT molecular complexity index is 552. The third kappa shape index (κ3) is 2.48. The fourth-order valence-corrected chi connectivity index (χ4v) is 3.91. The molecule has 2 atom stereocenters. The molecule has 21 heavy (non-hydrogen) atoms. The molecule has 1 saturated carbocycles. The van der Waals surface area contributed by atoms with Crippen LogP contribution in [-0.4, -0.2) is 27.7 Å². The SMILES string of the molecule is CCOC(=O)C1(N)CCC(n2c(C)nc3c2CCCC3)C1. The van der Waals surface area contributed by atoms with Gasteiger partial charge in [0.15, 0.2) is 0 Å². The van der Waals surface area contributed by atoms with Crippen molar-refractivity contribution in [2.45, 2.75) is 70.4 Å². The van der Waals surface area contributed by atoms with Gasteiger partial charge in [-0.05, 0) is 58.8 Å². The number of ether oxygens (including phenoxy) is 1. The highest BCUT2D eigenvalue weighted by Gasteiger charge is 2.44. The van der Waals surface area contributed by atoms with E-state index >= 15 is 0 Å². The average Bonchev–Trinajstić information content (AvgIpc) is 2.99. The highest BCUT2D eigenvalue weighted by molar-refractivity contribution is 5.81. The smallest absolute Gasteiger partial charge is 0.326 e. The van der Waals surface area contributed by atoms with Crippen LogP contribution >= 0.6 is 0 Å². The summed E-state index contributed by atoms with van der Waals surface area (Å²) in [6, 6.07) is 0.286. The summed E-state index contributed by atoms with van der Waals surface area (Å²) in [6.45, 7) is 4.28. The Morgan fingerprint density at radius 2 is 2.24 bits per heavy atom. The van der Waals surface area contributed by atoms with Gasteiger partial charge in [0.05, 0.1) is 12.3 Å². The molecule has 1 fully saturated rings. The van der Waals surface area contributed by atoms with Crippen molar-refractivity contribution in [1.82, 2.24) is 9.55 Å². The monoisotopic (exact) mass is 291 g/mol. The van der Waals surface area contributed by atoms with Crippen molar-refractivity contribution in [1.29, 1.82) is 0 Å². The number of hydrogen-bond acceptors (Lipinski definition) is 4. The van der Waals surface area contributed by atoms with E-state index in [9.17, 15) is 4.79 Å². The summed E-state index contributed by atoms with van der Waals surface area (Å²) in [5.74, 6) is 0.819. The van der Waals surface area contributed by atoms with Crippen molar-refractivity contribution in [3.05, 3.63) is 17.2 Å². The van der Waals surface area contributed by atoms with Gasteiger partial charge in [-0.15, -0.1) is 0 Å². The molecule has 2 N–H and O–H groups in total. The molecule has 3 rings (SSSR count). The van der Waals surface area contributed by atoms with E-state index in [1.165, 1.54) is 24.2 Å². The molecule has 0 amide bonds. The van der Waals surface area contributed by atoms with Crippen molar-refractivity contribution >= 4 is 5.97 Å². The van der Waals surface area contributed by atoms with Crippen molar-refractivity contribution in [2.24, 2.45) is 5.73 Å². The van der Waals surface area contributed by atoms with Gasteiger partial charge in [0.1, 0.15) is 11.4 Å². The number of aromatic nitrogens is 2. The lowest BCUT2D eigenvalue weighted by atomic mass is 9.98. The predicted octanol–water partition coefficient (Wildman–Crippen LogP) is 2.06. The number of imidazole rings is 1. The summed E-state index contributed by atoms with van der Waals surface area (Å²) in [5, 5.41) is 0. The van der Waals surface area contributed by atoms with Crippen LogP contribution in [0.5, 0.6) is 0 Å². The number of carbonyl (C=O) groups is 1. The number of carbonyl (C=O) groups excluding carboxylic acids is 1. The molecule has 0 saturated heterocycles. The van der Waals surface area contributed by atoms with Crippen LogP contribution in [-0.2, 0) is 22.4 Å². The van der Waals surface area contributed by atoms with Gasteiger partial charge in [0, 0.05) is 11.7 Å². The lowest BCUT2D eigenvalue weighted by Gasteiger charge is -2.24. The molecule has 2 unspecified atom stereocenters. The van der Waals surface area contributed by atoms with Crippen LogP contribution in [0.3, 0.4) is 0 Å². The van der Waals surface area contributed by atoms with E-state index in [1.807, 2.05) is 6.92 Å². The third-order valence-electron chi connectivity index (χ3n) is 4.92. The van der Waals surface area contributed by atoms with E-state index in [-0.39, 0.29) is 12.0 Å². The summed E-state index contributed by atoms with van der Waals surface area (Å²) < 4.78 is 7.50. The summed E-state index contributed by atoms with van der Waals surface area (Å²) in [7, 11) is 0. The maximum atomic E-state index is 12.1. The Morgan fingerprint density at radius 3 is 3.00 bits per heavy atom. The van der Waals surface area contributed by atoms with Gasteiger partial charge >= 0.3 is 5.97 Å². The van der Waals surface area contributed by atoms with Gasteiger partial charge in [-0.3, -0.25) is 4.79 Å². The number of esters is 1. The molecule has 0 radical (unpaired) electrons. The van der Waals surface area contributed by atoms with E-state index in [2.05, 4.69) is 11.5 Å². The van der Waals surface area contributed by atoms with E-state index in [4.69, 9.17) is 15.5 Å². The van der Waals surface area contributed by atoms with Crippen LogP contribution in [0.4, 0.5) is 0 Å². The summed E-state index contributed by atoms with van der Waals surface area (Å²) in [4.78, 5) is 16.8. The first kappa shape index (κ1) is 14.6. The maximum absolute atomic E-state index is 12.1. The molecule has 2 aliphatic rings. The Kier molecular flexibility index (Phi) is 3.78. The van der Waals surface area contributed by atoms with Crippen LogP contribution in [0, 0.1) is 6.92 Å². The number of hydrogen-bond donors (Lipinski definition) is 1. The van der Waals surface area contributed by atoms with Crippen molar-refractivity contribution in [3.8, 4) is 0 Å². The van der Waals surface area contributed by atoms with E-state index < -0.39 is 5.54 Å². The molecule has 1 heterocycles. The lowest BCUT2D eigenvalue weighted by Crippen LogP contribution is -2.47. The first-order chi connectivity index (χ1) is 10.0. The molecule has 116 valence electrons. The number of nitrogens with zero attached hydrogens (tertiary/aromatic N) is 2. The number of nitrogens with two attached hydrogens (primary N) is 1. The Hall–Kier alpha value is -1.36. The first-order valence-electron chi connectivity index (χ1n) is 8.08. The molecule has 5 heteroatoms. The van der Waals surface area contributed by atoms with Gasteiger partial charge in [0.25, 0.3) is 0 Å². The quantitative estimate of drug-likeness (QED) is 0.865. The van der Waals surface area contributed by atoms with Crippen LogP contribution in [0.1, 0.15) is 62.3 Å². The van der Waals surface area contributed by atoms with Crippen molar-refractivity contribution in [2.75, 3.05) is 6.61 Å². The van der Waals surface area contributed by atoms with E-state index in [0.717, 1.165) is 25.1 Å². The zero-order valence-electron chi connectivity index (χ0n) is 13.0. The van der Waals surface area contributed by atoms with Gasteiger partial charge in [-0.1, -0.05) is 0 Å². The molecule has 1 aromatic rings. The van der Waals surface area contributed by atoms with Gasteiger partial charge in [0.2, 0.25) is 0 Å². The normalized spacial score (nSPS) is 28.4. The number of aryl methyl sites for hydroxylation is 2. The minimum absolute atomic E-state index is 0.251. The first-order valence-corrected chi connectivity index (χ1v) is 8.08. The predicted molar refractivity (Wildman–Crippen MR) is 80.0 cm³/mol. The molecular formula is C16H25N3O2. The standard InChI is InChI=1S/C16H25N3O2/c1-3-21-15(20)16(17)9-8-12(10-16)19-11(2)18-13-6-4-5-7-14(13)19/h12H,3-10,17H2,1-2H3. The highest BCUT2D eigenvalue weighted by Crippen LogP contribution is 2.39. The molecule has 0 spiro atoms. The second-order valence-corrected chi connectivity index (χ2v) is 6.40. The second kappa shape index (κ2) is 5.44. The molecular weight excluding hydrogens is 266 g/mol. The Morgan fingerprint density at radius 1 is 1.48 bits per heavy atom. The topological polar surface area (TPSA) is 70.1 Å². The summed E-state index contributed by atoms with van der Waals surface area (Å²) in [6.07, 6.45) is 6.94.